The highest BCUT2D eigenvalue weighted by molar-refractivity contribution is 5.91. The summed E-state index contributed by atoms with van der Waals surface area (Å²) in [4.78, 5) is 33.9. The molecule has 2 amide bonds. The molecule has 8 heteroatoms. The van der Waals surface area contributed by atoms with Gasteiger partial charge in [-0.1, -0.05) is 6.08 Å². The van der Waals surface area contributed by atoms with Crippen molar-refractivity contribution in [1.82, 2.24) is 4.90 Å². The number of benzene rings is 1. The zero-order chi connectivity index (χ0) is 16.0. The van der Waals surface area contributed by atoms with Crippen molar-refractivity contribution in [2.24, 2.45) is 0 Å². The number of carbonyl (C=O) groups excluding carboxylic acids is 1. The normalized spacial score (nSPS) is 9.76. The Morgan fingerprint density at radius 3 is 2.67 bits per heavy atom. The maximum absolute atomic E-state index is 11.9. The van der Waals surface area contributed by atoms with Gasteiger partial charge in [-0.3, -0.25) is 14.9 Å². The van der Waals surface area contributed by atoms with Gasteiger partial charge in [0.1, 0.15) is 6.54 Å². The molecular weight excluding hydrogens is 278 g/mol. The van der Waals surface area contributed by atoms with Crippen molar-refractivity contribution in [3.05, 3.63) is 46.5 Å². The summed E-state index contributed by atoms with van der Waals surface area (Å²) in [5.41, 5.74) is 0.690. The Balaban J connectivity index is 2.85. The number of carbonyl (C=O) groups is 2. The Hall–Kier alpha value is -2.90. The molecule has 1 aromatic carbocycles. The third-order valence-corrected chi connectivity index (χ3v) is 2.61. The number of carboxylic acid groups (broad SMARTS) is 1. The number of anilines is 1. The molecule has 0 spiro atoms. The van der Waals surface area contributed by atoms with Crippen LogP contribution in [0, 0.1) is 17.0 Å². The number of amides is 2. The van der Waals surface area contributed by atoms with Crippen molar-refractivity contribution >= 4 is 23.4 Å². The molecular formula is C13H15N3O5. The fraction of sp³-hybridized carbons (Fsp3) is 0.231. The number of hydrogen-bond acceptors (Lipinski definition) is 4. The van der Waals surface area contributed by atoms with Gasteiger partial charge in [-0.05, 0) is 19.1 Å². The molecule has 0 aliphatic carbocycles. The molecule has 0 saturated carbocycles. The minimum Gasteiger partial charge on any atom is -0.480 e. The van der Waals surface area contributed by atoms with Crippen LogP contribution in [0.15, 0.2) is 30.9 Å². The van der Waals surface area contributed by atoms with E-state index in [1.54, 1.807) is 6.92 Å². The second kappa shape index (κ2) is 7.04. The highest BCUT2D eigenvalue weighted by atomic mass is 16.6. The molecule has 0 aliphatic heterocycles. The number of nitrogens with one attached hydrogen (secondary N) is 1. The molecule has 2 N–H and O–H groups in total. The maximum Gasteiger partial charge on any atom is 0.323 e. The SMILES string of the molecule is C=CCN(CC(=O)O)C(=O)Nc1ccc([N+](=O)[O-])c(C)c1. The van der Waals surface area contributed by atoms with Gasteiger partial charge in [0.15, 0.2) is 0 Å². The summed E-state index contributed by atoms with van der Waals surface area (Å²) < 4.78 is 0. The standard InChI is InChI=1S/C13H15N3O5/c1-3-6-15(8-12(17)18)13(19)14-10-4-5-11(16(20)21)9(2)7-10/h3-5,7H,1,6,8H2,2H3,(H,14,19)(H,17,18). The van der Waals surface area contributed by atoms with E-state index in [1.165, 1.54) is 24.3 Å². The first-order chi connectivity index (χ1) is 9.85. The first-order valence-electron chi connectivity index (χ1n) is 5.98. The van der Waals surface area contributed by atoms with Crippen molar-refractivity contribution in [1.29, 1.82) is 0 Å². The number of nitro benzene ring substituents is 1. The molecule has 0 heterocycles. The summed E-state index contributed by atoms with van der Waals surface area (Å²) in [6.45, 7) is 4.61. The topological polar surface area (TPSA) is 113 Å². The Labute approximate surface area is 120 Å². The molecule has 1 aromatic rings. The van der Waals surface area contributed by atoms with Crippen molar-refractivity contribution in [2.75, 3.05) is 18.4 Å². The van der Waals surface area contributed by atoms with Gasteiger partial charge in [0.05, 0.1) is 4.92 Å². The fourth-order valence-electron chi connectivity index (χ4n) is 1.68. The van der Waals surface area contributed by atoms with Crippen LogP contribution in [0.4, 0.5) is 16.2 Å². The lowest BCUT2D eigenvalue weighted by Gasteiger charge is -2.19. The Morgan fingerprint density at radius 2 is 2.19 bits per heavy atom. The minimum atomic E-state index is -1.15. The summed E-state index contributed by atoms with van der Waals surface area (Å²) >= 11 is 0. The number of urea groups is 1. The highest BCUT2D eigenvalue weighted by Crippen LogP contribution is 2.21. The van der Waals surface area contributed by atoms with Crippen LogP contribution in [0.25, 0.3) is 0 Å². The largest absolute Gasteiger partial charge is 0.480 e. The monoisotopic (exact) mass is 293 g/mol. The van der Waals surface area contributed by atoms with Crippen LogP contribution in [0.1, 0.15) is 5.56 Å². The van der Waals surface area contributed by atoms with Crippen LogP contribution in [0.5, 0.6) is 0 Å². The van der Waals surface area contributed by atoms with Crippen LogP contribution in [0.3, 0.4) is 0 Å². The summed E-state index contributed by atoms with van der Waals surface area (Å²) in [6, 6.07) is 3.49. The molecule has 1 rings (SSSR count). The van der Waals surface area contributed by atoms with Crippen molar-refractivity contribution < 1.29 is 19.6 Å². The van der Waals surface area contributed by atoms with Crippen molar-refractivity contribution in [3.63, 3.8) is 0 Å². The number of aryl methyl sites for hydroxylation is 1. The summed E-state index contributed by atoms with van der Waals surface area (Å²) in [6.07, 6.45) is 1.41. The van der Waals surface area contributed by atoms with E-state index in [0.717, 1.165) is 4.90 Å². The molecule has 0 radical (unpaired) electrons. The quantitative estimate of drug-likeness (QED) is 0.473. The van der Waals surface area contributed by atoms with Gasteiger partial charge >= 0.3 is 12.0 Å². The van der Waals surface area contributed by atoms with Crippen LogP contribution >= 0.6 is 0 Å². The van der Waals surface area contributed by atoms with Crippen molar-refractivity contribution in [2.45, 2.75) is 6.92 Å². The molecule has 0 unspecified atom stereocenters. The molecule has 0 atom stereocenters. The zero-order valence-corrected chi connectivity index (χ0v) is 11.4. The minimum absolute atomic E-state index is 0.0542. The van der Waals surface area contributed by atoms with Gasteiger partial charge in [0.25, 0.3) is 5.69 Å². The van der Waals surface area contributed by atoms with E-state index >= 15 is 0 Å². The van der Waals surface area contributed by atoms with E-state index in [0.29, 0.717) is 11.3 Å². The molecule has 112 valence electrons. The third kappa shape index (κ3) is 4.60. The summed E-state index contributed by atoms with van der Waals surface area (Å²) in [5.74, 6) is -1.15. The lowest BCUT2D eigenvalue weighted by Crippen LogP contribution is -2.38. The van der Waals surface area contributed by atoms with Gasteiger partial charge < -0.3 is 15.3 Å². The van der Waals surface area contributed by atoms with E-state index in [4.69, 9.17) is 5.11 Å². The van der Waals surface area contributed by atoms with Gasteiger partial charge in [0.2, 0.25) is 0 Å². The average molecular weight is 293 g/mol. The van der Waals surface area contributed by atoms with E-state index in [2.05, 4.69) is 11.9 Å². The molecule has 21 heavy (non-hydrogen) atoms. The second-order valence-corrected chi connectivity index (χ2v) is 4.25. The molecule has 0 aromatic heterocycles. The van der Waals surface area contributed by atoms with Crippen LogP contribution < -0.4 is 5.32 Å². The second-order valence-electron chi connectivity index (χ2n) is 4.25. The first kappa shape index (κ1) is 16.2. The predicted molar refractivity (Wildman–Crippen MR) is 76.3 cm³/mol. The summed E-state index contributed by atoms with van der Waals surface area (Å²) in [5, 5.41) is 21.9. The number of carboxylic acids is 1. The lowest BCUT2D eigenvalue weighted by molar-refractivity contribution is -0.385. The van der Waals surface area contributed by atoms with Gasteiger partial charge in [-0.25, -0.2) is 4.79 Å². The molecule has 8 nitrogen and oxygen atoms in total. The Bertz CT molecular complexity index is 585. The average Bonchev–Trinajstić information content (AvgIpc) is 2.37. The number of rotatable bonds is 6. The van der Waals surface area contributed by atoms with E-state index in [-0.39, 0.29) is 12.2 Å². The fourth-order valence-corrected chi connectivity index (χ4v) is 1.68. The molecule has 0 saturated heterocycles. The summed E-state index contributed by atoms with van der Waals surface area (Å²) in [7, 11) is 0. The number of nitro groups is 1. The number of aliphatic carboxylic acids is 1. The Morgan fingerprint density at radius 1 is 1.52 bits per heavy atom. The van der Waals surface area contributed by atoms with Gasteiger partial charge in [-0.2, -0.15) is 0 Å². The van der Waals surface area contributed by atoms with E-state index in [1.807, 2.05) is 0 Å². The van der Waals surface area contributed by atoms with Crippen LogP contribution in [-0.4, -0.2) is 40.0 Å². The number of nitrogens with zero attached hydrogens (tertiary/aromatic N) is 2. The predicted octanol–water partition coefficient (Wildman–Crippen LogP) is 2.01. The third-order valence-electron chi connectivity index (χ3n) is 2.61. The van der Waals surface area contributed by atoms with E-state index < -0.39 is 23.5 Å². The lowest BCUT2D eigenvalue weighted by atomic mass is 10.2. The van der Waals surface area contributed by atoms with Crippen LogP contribution in [-0.2, 0) is 4.79 Å². The highest BCUT2D eigenvalue weighted by Gasteiger charge is 2.17. The van der Waals surface area contributed by atoms with Crippen molar-refractivity contribution in [3.8, 4) is 0 Å². The van der Waals surface area contributed by atoms with Crippen LogP contribution in [0.2, 0.25) is 0 Å². The van der Waals surface area contributed by atoms with Gasteiger partial charge in [-0.15, -0.1) is 6.58 Å². The maximum atomic E-state index is 11.9. The molecule has 0 fully saturated rings. The Kier molecular flexibility index (Phi) is 5.41. The molecule has 0 aliphatic rings. The first-order valence-corrected chi connectivity index (χ1v) is 5.98. The smallest absolute Gasteiger partial charge is 0.323 e. The zero-order valence-electron chi connectivity index (χ0n) is 11.4. The van der Waals surface area contributed by atoms with E-state index in [9.17, 15) is 19.7 Å². The molecule has 0 bridgehead atoms. The number of hydrogen-bond donors (Lipinski definition) is 2. The van der Waals surface area contributed by atoms with Gasteiger partial charge in [0, 0.05) is 23.9 Å².